The van der Waals surface area contributed by atoms with E-state index >= 15 is 0 Å². The minimum absolute atomic E-state index is 0.741. The molecule has 0 aromatic carbocycles. The van der Waals surface area contributed by atoms with Crippen molar-refractivity contribution in [3.05, 3.63) is 36.3 Å². The Labute approximate surface area is 103 Å². The van der Waals surface area contributed by atoms with Crippen LogP contribution >= 0.6 is 0 Å². The van der Waals surface area contributed by atoms with Gasteiger partial charge in [-0.1, -0.05) is 13.0 Å². The van der Waals surface area contributed by atoms with Crippen molar-refractivity contribution in [1.29, 1.82) is 0 Å². The first-order valence-corrected chi connectivity index (χ1v) is 6.46. The van der Waals surface area contributed by atoms with E-state index in [-0.39, 0.29) is 0 Å². The van der Waals surface area contributed by atoms with Crippen LogP contribution in [0, 0.1) is 0 Å². The second-order valence-electron chi connectivity index (χ2n) is 4.60. The van der Waals surface area contributed by atoms with E-state index in [1.54, 1.807) is 6.26 Å². The highest BCUT2D eigenvalue weighted by molar-refractivity contribution is 5.17. The summed E-state index contributed by atoms with van der Waals surface area (Å²) in [4.78, 5) is 2.45. The first-order valence-electron chi connectivity index (χ1n) is 6.46. The van der Waals surface area contributed by atoms with Crippen molar-refractivity contribution < 1.29 is 4.42 Å². The predicted octanol–water partition coefficient (Wildman–Crippen LogP) is 2.54. The molecule has 1 aliphatic rings. The molecular weight excluding hydrogens is 212 g/mol. The van der Waals surface area contributed by atoms with Gasteiger partial charge in [0.2, 0.25) is 0 Å². The molecule has 94 valence electrons. The van der Waals surface area contributed by atoms with Gasteiger partial charge in [-0.05, 0) is 25.5 Å². The number of hydrogen-bond donors (Lipinski definition) is 1. The van der Waals surface area contributed by atoms with Crippen molar-refractivity contribution in [2.24, 2.45) is 0 Å². The Morgan fingerprint density at radius 2 is 2.41 bits per heavy atom. The fourth-order valence-corrected chi connectivity index (χ4v) is 2.06. The lowest BCUT2D eigenvalue weighted by Gasteiger charge is -2.19. The Morgan fingerprint density at radius 3 is 3.06 bits per heavy atom. The molecule has 1 aromatic rings. The smallest absolute Gasteiger partial charge is 0.122 e. The lowest BCUT2D eigenvalue weighted by atomic mass is 10.2. The van der Waals surface area contributed by atoms with Crippen LogP contribution in [0.1, 0.15) is 31.1 Å². The van der Waals surface area contributed by atoms with E-state index in [1.807, 2.05) is 6.08 Å². The van der Waals surface area contributed by atoms with Crippen molar-refractivity contribution in [3.8, 4) is 0 Å². The van der Waals surface area contributed by atoms with E-state index in [2.05, 4.69) is 29.8 Å². The SMILES string of the molecule is C=CCN(Cc1occc1CNCC)C1CC1. The molecule has 3 nitrogen and oxygen atoms in total. The Morgan fingerprint density at radius 1 is 1.59 bits per heavy atom. The van der Waals surface area contributed by atoms with Crippen LogP contribution in [0.5, 0.6) is 0 Å². The van der Waals surface area contributed by atoms with Crippen molar-refractivity contribution in [3.63, 3.8) is 0 Å². The van der Waals surface area contributed by atoms with Gasteiger partial charge in [-0.2, -0.15) is 0 Å². The number of hydrogen-bond acceptors (Lipinski definition) is 3. The van der Waals surface area contributed by atoms with Crippen molar-refractivity contribution >= 4 is 0 Å². The summed E-state index contributed by atoms with van der Waals surface area (Å²) < 4.78 is 5.60. The van der Waals surface area contributed by atoms with Gasteiger partial charge in [0.05, 0.1) is 12.8 Å². The third-order valence-corrected chi connectivity index (χ3v) is 3.18. The van der Waals surface area contributed by atoms with Gasteiger partial charge in [-0.25, -0.2) is 0 Å². The third kappa shape index (κ3) is 3.45. The standard InChI is InChI=1S/C14H22N2O/c1-3-8-16(13-5-6-13)11-14-12(7-9-17-14)10-15-4-2/h3,7,9,13,15H,1,4-6,8,10-11H2,2H3. The lowest BCUT2D eigenvalue weighted by molar-refractivity contribution is 0.257. The van der Waals surface area contributed by atoms with E-state index < -0.39 is 0 Å². The molecule has 0 aliphatic heterocycles. The van der Waals surface area contributed by atoms with E-state index in [0.29, 0.717) is 0 Å². The highest BCUT2D eigenvalue weighted by Crippen LogP contribution is 2.28. The van der Waals surface area contributed by atoms with Gasteiger partial charge in [0.25, 0.3) is 0 Å². The van der Waals surface area contributed by atoms with E-state index in [4.69, 9.17) is 4.42 Å². The highest BCUT2D eigenvalue weighted by atomic mass is 16.3. The number of furan rings is 1. The van der Waals surface area contributed by atoms with E-state index in [0.717, 1.165) is 38.0 Å². The average Bonchev–Trinajstić information content (AvgIpc) is 3.08. The van der Waals surface area contributed by atoms with Gasteiger partial charge in [-0.3, -0.25) is 4.90 Å². The normalized spacial score (nSPS) is 15.4. The summed E-state index contributed by atoms with van der Waals surface area (Å²) in [6.07, 6.45) is 6.40. The largest absolute Gasteiger partial charge is 0.468 e. The molecule has 1 saturated carbocycles. The fraction of sp³-hybridized carbons (Fsp3) is 0.571. The monoisotopic (exact) mass is 234 g/mol. The third-order valence-electron chi connectivity index (χ3n) is 3.18. The zero-order valence-corrected chi connectivity index (χ0v) is 10.6. The summed E-state index contributed by atoms with van der Waals surface area (Å²) in [7, 11) is 0. The first-order chi connectivity index (χ1) is 8.35. The van der Waals surface area contributed by atoms with Crippen molar-refractivity contribution in [1.82, 2.24) is 10.2 Å². The van der Waals surface area contributed by atoms with Gasteiger partial charge in [0, 0.05) is 24.7 Å². The Hall–Kier alpha value is -1.06. The molecule has 1 aliphatic carbocycles. The van der Waals surface area contributed by atoms with Gasteiger partial charge in [-0.15, -0.1) is 6.58 Å². The van der Waals surface area contributed by atoms with Crippen LogP contribution in [0.4, 0.5) is 0 Å². The number of rotatable bonds is 8. The van der Waals surface area contributed by atoms with Crippen LogP contribution in [-0.2, 0) is 13.1 Å². The molecular formula is C14H22N2O. The molecule has 3 heteroatoms. The second kappa shape index (κ2) is 6.03. The molecule has 1 fully saturated rings. The van der Waals surface area contributed by atoms with Gasteiger partial charge in [0.15, 0.2) is 0 Å². The topological polar surface area (TPSA) is 28.4 Å². The molecule has 0 atom stereocenters. The maximum Gasteiger partial charge on any atom is 0.122 e. The van der Waals surface area contributed by atoms with Crippen molar-refractivity contribution in [2.45, 2.75) is 38.9 Å². The Balaban J connectivity index is 1.95. The van der Waals surface area contributed by atoms with E-state index in [9.17, 15) is 0 Å². The van der Waals surface area contributed by atoms with Crippen molar-refractivity contribution in [2.75, 3.05) is 13.1 Å². The second-order valence-corrected chi connectivity index (χ2v) is 4.60. The van der Waals surface area contributed by atoms with Gasteiger partial charge in [0.1, 0.15) is 5.76 Å². The lowest BCUT2D eigenvalue weighted by Crippen LogP contribution is -2.26. The van der Waals surface area contributed by atoms with Crippen LogP contribution < -0.4 is 5.32 Å². The summed E-state index contributed by atoms with van der Waals surface area (Å²) >= 11 is 0. The molecule has 17 heavy (non-hydrogen) atoms. The minimum atomic E-state index is 0.741. The van der Waals surface area contributed by atoms with Crippen LogP contribution in [0.2, 0.25) is 0 Å². The van der Waals surface area contributed by atoms with Crippen LogP contribution in [0.3, 0.4) is 0 Å². The van der Waals surface area contributed by atoms with Crippen LogP contribution in [0.25, 0.3) is 0 Å². The van der Waals surface area contributed by atoms with E-state index in [1.165, 1.54) is 18.4 Å². The molecule has 0 spiro atoms. The maximum absolute atomic E-state index is 5.60. The average molecular weight is 234 g/mol. The minimum Gasteiger partial charge on any atom is -0.468 e. The summed E-state index contributed by atoms with van der Waals surface area (Å²) in [5.41, 5.74) is 1.28. The highest BCUT2D eigenvalue weighted by Gasteiger charge is 2.29. The molecule has 2 rings (SSSR count). The van der Waals surface area contributed by atoms with Gasteiger partial charge < -0.3 is 9.73 Å². The summed E-state index contributed by atoms with van der Waals surface area (Å²) in [6.45, 7) is 9.69. The van der Waals surface area contributed by atoms with Gasteiger partial charge >= 0.3 is 0 Å². The Kier molecular flexibility index (Phi) is 4.40. The molecule has 0 radical (unpaired) electrons. The van der Waals surface area contributed by atoms with Crippen LogP contribution in [0.15, 0.2) is 29.4 Å². The number of nitrogens with zero attached hydrogens (tertiary/aromatic N) is 1. The molecule has 1 heterocycles. The quantitative estimate of drug-likeness (QED) is 0.701. The molecule has 0 unspecified atom stereocenters. The maximum atomic E-state index is 5.60. The summed E-state index contributed by atoms with van der Waals surface area (Å²) in [6, 6.07) is 2.81. The fourth-order valence-electron chi connectivity index (χ4n) is 2.06. The first kappa shape index (κ1) is 12.4. The molecule has 0 saturated heterocycles. The zero-order valence-electron chi connectivity index (χ0n) is 10.6. The predicted molar refractivity (Wildman–Crippen MR) is 69.7 cm³/mol. The Bertz CT molecular complexity index is 355. The molecule has 0 bridgehead atoms. The molecule has 1 N–H and O–H groups in total. The molecule has 0 amide bonds. The molecule has 1 aromatic heterocycles. The van der Waals surface area contributed by atoms with Crippen LogP contribution in [-0.4, -0.2) is 24.0 Å². The number of nitrogens with one attached hydrogen (secondary N) is 1. The zero-order chi connectivity index (χ0) is 12.1. The summed E-state index contributed by atoms with van der Waals surface area (Å²) in [5, 5.41) is 3.34. The summed E-state index contributed by atoms with van der Waals surface area (Å²) in [5.74, 6) is 1.10.